The molecular formula is C21H31BrO5. The molecule has 0 heterocycles. The monoisotopic (exact) mass is 442 g/mol. The molecule has 0 amide bonds. The van der Waals surface area contributed by atoms with Crippen LogP contribution in [0.25, 0.3) is 0 Å². The summed E-state index contributed by atoms with van der Waals surface area (Å²) in [6, 6.07) is 7.50. The Morgan fingerprint density at radius 1 is 1.07 bits per heavy atom. The minimum absolute atomic E-state index is 0.0303. The van der Waals surface area contributed by atoms with Crippen molar-refractivity contribution in [3.8, 4) is 5.75 Å². The van der Waals surface area contributed by atoms with Gasteiger partial charge < -0.3 is 14.9 Å². The first-order valence-corrected chi connectivity index (χ1v) is 10.5. The largest absolute Gasteiger partial charge is 0.491 e. The van der Waals surface area contributed by atoms with E-state index in [2.05, 4.69) is 15.9 Å². The molecule has 0 aromatic heterocycles. The van der Waals surface area contributed by atoms with Crippen LogP contribution >= 0.6 is 15.9 Å². The van der Waals surface area contributed by atoms with Gasteiger partial charge in [0.25, 0.3) is 0 Å². The van der Waals surface area contributed by atoms with Gasteiger partial charge in [0.15, 0.2) is 0 Å². The Kier molecular flexibility index (Phi) is 12.0. The number of hydrogen-bond donors (Lipinski definition) is 2. The summed E-state index contributed by atoms with van der Waals surface area (Å²) in [6.45, 7) is 1.87. The second-order valence-electron chi connectivity index (χ2n) is 7.01. The van der Waals surface area contributed by atoms with E-state index >= 15 is 0 Å². The number of carboxylic acids is 1. The first kappa shape index (κ1) is 23.6. The van der Waals surface area contributed by atoms with Crippen LogP contribution in [-0.4, -0.2) is 34.7 Å². The van der Waals surface area contributed by atoms with Crippen molar-refractivity contribution in [3.05, 3.63) is 28.7 Å². The average molecular weight is 443 g/mol. The van der Waals surface area contributed by atoms with E-state index in [1.807, 2.05) is 24.3 Å². The Labute approximate surface area is 170 Å². The number of halogens is 1. The third-order valence-corrected chi connectivity index (χ3v) is 5.09. The van der Waals surface area contributed by atoms with Crippen LogP contribution < -0.4 is 4.74 Å². The van der Waals surface area contributed by atoms with Gasteiger partial charge in [-0.05, 0) is 50.8 Å². The summed E-state index contributed by atoms with van der Waals surface area (Å²) in [6.07, 6.45) is 6.17. The van der Waals surface area contributed by atoms with Gasteiger partial charge in [-0.3, -0.25) is 9.59 Å². The van der Waals surface area contributed by atoms with E-state index in [0.717, 1.165) is 43.0 Å². The smallest absolute Gasteiger partial charge is 0.303 e. The lowest BCUT2D eigenvalue weighted by molar-refractivity contribution is -0.137. The number of rotatable bonds is 15. The van der Waals surface area contributed by atoms with E-state index in [4.69, 9.17) is 9.84 Å². The fourth-order valence-corrected chi connectivity index (χ4v) is 3.38. The van der Waals surface area contributed by atoms with Gasteiger partial charge in [-0.25, -0.2) is 0 Å². The SMILES string of the molecule is CC(=O)C(CCCCCCC(=O)O)CCCC(O)COc1cccc(Br)c1. The number of carboxylic acid groups (broad SMARTS) is 1. The molecule has 2 unspecified atom stereocenters. The van der Waals surface area contributed by atoms with Gasteiger partial charge in [-0.2, -0.15) is 0 Å². The number of carbonyl (C=O) groups excluding carboxylic acids is 1. The summed E-state index contributed by atoms with van der Waals surface area (Å²) in [4.78, 5) is 22.3. The normalized spacial score (nSPS) is 13.1. The van der Waals surface area contributed by atoms with Crippen molar-refractivity contribution < 1.29 is 24.5 Å². The summed E-state index contributed by atoms with van der Waals surface area (Å²) >= 11 is 3.38. The molecule has 6 heteroatoms. The van der Waals surface area contributed by atoms with E-state index in [0.29, 0.717) is 18.6 Å². The van der Waals surface area contributed by atoms with Gasteiger partial charge >= 0.3 is 5.97 Å². The molecular weight excluding hydrogens is 412 g/mol. The fourth-order valence-electron chi connectivity index (χ4n) is 3.00. The highest BCUT2D eigenvalue weighted by Gasteiger charge is 2.15. The van der Waals surface area contributed by atoms with Crippen LogP contribution in [0.4, 0.5) is 0 Å². The molecule has 0 saturated heterocycles. The zero-order valence-corrected chi connectivity index (χ0v) is 17.6. The third-order valence-electron chi connectivity index (χ3n) is 4.60. The molecule has 1 aromatic rings. The van der Waals surface area contributed by atoms with Gasteiger partial charge in [0.1, 0.15) is 18.1 Å². The molecule has 1 rings (SSSR count). The molecule has 0 bridgehead atoms. The fraction of sp³-hybridized carbons (Fsp3) is 0.619. The molecule has 0 fully saturated rings. The van der Waals surface area contributed by atoms with E-state index in [1.165, 1.54) is 0 Å². The van der Waals surface area contributed by atoms with Crippen molar-refractivity contribution in [1.82, 2.24) is 0 Å². The maximum atomic E-state index is 11.8. The minimum Gasteiger partial charge on any atom is -0.491 e. The number of benzene rings is 1. The Morgan fingerprint density at radius 2 is 1.78 bits per heavy atom. The van der Waals surface area contributed by atoms with Crippen molar-refractivity contribution in [2.45, 2.75) is 70.8 Å². The summed E-state index contributed by atoms with van der Waals surface area (Å²) in [5.74, 6) is 0.190. The number of ketones is 1. The van der Waals surface area contributed by atoms with Crippen molar-refractivity contribution in [1.29, 1.82) is 0 Å². The van der Waals surface area contributed by atoms with Crippen LogP contribution in [0.1, 0.15) is 64.7 Å². The van der Waals surface area contributed by atoms with Gasteiger partial charge in [0.2, 0.25) is 0 Å². The molecule has 27 heavy (non-hydrogen) atoms. The summed E-state index contributed by atoms with van der Waals surface area (Å²) in [7, 11) is 0. The first-order chi connectivity index (χ1) is 12.9. The molecule has 0 aliphatic rings. The molecule has 0 aliphatic heterocycles. The van der Waals surface area contributed by atoms with E-state index < -0.39 is 12.1 Å². The molecule has 0 radical (unpaired) electrons. The van der Waals surface area contributed by atoms with Crippen LogP contribution in [0, 0.1) is 5.92 Å². The molecule has 2 atom stereocenters. The highest BCUT2D eigenvalue weighted by molar-refractivity contribution is 9.10. The maximum absolute atomic E-state index is 11.8. The van der Waals surface area contributed by atoms with Gasteiger partial charge in [0.05, 0.1) is 6.10 Å². The predicted octanol–water partition coefficient (Wildman–Crippen LogP) is 4.99. The van der Waals surface area contributed by atoms with E-state index in [-0.39, 0.29) is 24.7 Å². The summed E-state index contributed by atoms with van der Waals surface area (Å²) in [5.41, 5.74) is 0. The van der Waals surface area contributed by atoms with Crippen LogP contribution in [0.5, 0.6) is 5.75 Å². The van der Waals surface area contributed by atoms with E-state index in [9.17, 15) is 14.7 Å². The Balaban J connectivity index is 2.17. The molecule has 1 aromatic carbocycles. The van der Waals surface area contributed by atoms with Crippen LogP contribution in [0.3, 0.4) is 0 Å². The zero-order valence-electron chi connectivity index (χ0n) is 16.0. The first-order valence-electron chi connectivity index (χ1n) is 9.67. The molecule has 0 spiro atoms. The minimum atomic E-state index is -0.751. The van der Waals surface area contributed by atoms with Crippen molar-refractivity contribution >= 4 is 27.7 Å². The van der Waals surface area contributed by atoms with Crippen molar-refractivity contribution in [2.24, 2.45) is 5.92 Å². The molecule has 0 aliphatic carbocycles. The highest BCUT2D eigenvalue weighted by Crippen LogP contribution is 2.20. The van der Waals surface area contributed by atoms with Gasteiger partial charge in [0, 0.05) is 16.8 Å². The van der Waals surface area contributed by atoms with Gasteiger partial charge in [-0.1, -0.05) is 47.7 Å². The second-order valence-corrected chi connectivity index (χ2v) is 7.92. The van der Waals surface area contributed by atoms with Crippen molar-refractivity contribution in [3.63, 3.8) is 0 Å². The second kappa shape index (κ2) is 13.7. The van der Waals surface area contributed by atoms with Crippen molar-refractivity contribution in [2.75, 3.05) is 6.61 Å². The predicted molar refractivity (Wildman–Crippen MR) is 109 cm³/mol. The number of hydrogen-bond acceptors (Lipinski definition) is 4. The summed E-state index contributed by atoms with van der Waals surface area (Å²) < 4.78 is 6.52. The molecule has 152 valence electrons. The number of carbonyl (C=O) groups is 2. The standard InChI is InChI=1S/C21H31BrO5/c1-16(23)17(8-4-2-3-5-13-21(25)26)9-6-11-19(24)15-27-20-12-7-10-18(22)14-20/h7,10,12,14,17,19,24H,2-6,8-9,11,13,15H2,1H3,(H,25,26). The highest BCUT2D eigenvalue weighted by atomic mass is 79.9. The lowest BCUT2D eigenvalue weighted by Crippen LogP contribution is -2.18. The number of aliphatic carboxylic acids is 1. The van der Waals surface area contributed by atoms with Crippen LogP contribution in [-0.2, 0) is 9.59 Å². The Hall–Kier alpha value is -1.40. The topological polar surface area (TPSA) is 83.8 Å². The zero-order chi connectivity index (χ0) is 20.1. The third kappa shape index (κ3) is 11.8. The lowest BCUT2D eigenvalue weighted by atomic mass is 9.91. The van der Waals surface area contributed by atoms with E-state index in [1.54, 1.807) is 6.92 Å². The quantitative estimate of drug-likeness (QED) is 0.373. The lowest BCUT2D eigenvalue weighted by Gasteiger charge is -2.16. The number of Topliss-reactive ketones (excluding diaryl/α,β-unsaturated/α-hetero) is 1. The van der Waals surface area contributed by atoms with Crippen LogP contribution in [0.2, 0.25) is 0 Å². The number of aliphatic hydroxyl groups excluding tert-OH is 1. The Morgan fingerprint density at radius 3 is 2.44 bits per heavy atom. The number of ether oxygens (including phenoxy) is 1. The molecule has 0 saturated carbocycles. The van der Waals surface area contributed by atoms with Crippen LogP contribution in [0.15, 0.2) is 28.7 Å². The number of unbranched alkanes of at least 4 members (excludes halogenated alkanes) is 3. The number of aliphatic hydroxyl groups is 1. The van der Waals surface area contributed by atoms with Gasteiger partial charge in [-0.15, -0.1) is 0 Å². The molecule has 5 nitrogen and oxygen atoms in total. The maximum Gasteiger partial charge on any atom is 0.303 e. The Bertz CT molecular complexity index is 575. The molecule has 2 N–H and O–H groups in total. The average Bonchev–Trinajstić information content (AvgIpc) is 2.60. The summed E-state index contributed by atoms with van der Waals surface area (Å²) in [5, 5.41) is 18.7.